The van der Waals surface area contributed by atoms with Gasteiger partial charge in [0.25, 0.3) is 0 Å². The highest BCUT2D eigenvalue weighted by atomic mass is 32.2. The van der Waals surface area contributed by atoms with Crippen LogP contribution in [0.25, 0.3) is 0 Å². The molecule has 0 aromatic heterocycles. The van der Waals surface area contributed by atoms with Gasteiger partial charge in [-0.1, -0.05) is 12.1 Å². The third kappa shape index (κ3) is 4.51. The first-order valence-electron chi connectivity index (χ1n) is 5.36. The van der Waals surface area contributed by atoms with E-state index in [9.17, 15) is 9.50 Å². The molecule has 2 atom stereocenters. The lowest BCUT2D eigenvalue weighted by molar-refractivity contribution is 0.158. The molecule has 2 nitrogen and oxygen atoms in total. The van der Waals surface area contributed by atoms with E-state index in [0.717, 1.165) is 5.56 Å². The Morgan fingerprint density at radius 3 is 2.38 bits per heavy atom. The Morgan fingerprint density at radius 2 is 1.88 bits per heavy atom. The fraction of sp³-hybridized carbons (Fsp3) is 0.500. The molecule has 0 bridgehead atoms. The molecule has 0 saturated heterocycles. The van der Waals surface area contributed by atoms with Crippen molar-refractivity contribution in [2.24, 2.45) is 0 Å². The molecule has 0 aliphatic carbocycles. The van der Waals surface area contributed by atoms with E-state index in [2.05, 4.69) is 24.2 Å². The average molecular weight is 245 g/mol. The molecule has 0 heterocycles. The molecule has 4 heteroatoms. The van der Waals surface area contributed by atoms with E-state index >= 15 is 0 Å². The van der Waals surface area contributed by atoms with E-state index in [-0.39, 0.29) is 22.9 Å². The van der Waals surface area contributed by atoms with E-state index < -0.39 is 6.10 Å². The minimum atomic E-state index is -0.530. The quantitative estimate of drug-likeness (QED) is 0.696. The van der Waals surface area contributed by atoms with Gasteiger partial charge in [0.2, 0.25) is 0 Å². The topological polar surface area (TPSA) is 32.3 Å². The molecular formula is C12H20FNOS. The van der Waals surface area contributed by atoms with Gasteiger partial charge in [0.15, 0.2) is 0 Å². The number of aliphatic hydroxyl groups is 1. The molecule has 0 spiro atoms. The third-order valence-corrected chi connectivity index (χ3v) is 3.27. The Labute approximate surface area is 99.4 Å². The predicted octanol–water partition coefficient (Wildman–Crippen LogP) is 2.40. The maximum absolute atomic E-state index is 12.7. The standard InChI is InChI=1S/C12H20FNOS/c1-9(14-16(2)3)8-12(15)10-4-6-11(13)7-5-10/h4-7,9,12,14-16H,8H2,1-3H3. The highest BCUT2D eigenvalue weighted by molar-refractivity contribution is 8.14. The summed E-state index contributed by atoms with van der Waals surface area (Å²) >= 11 is -0.166. The zero-order chi connectivity index (χ0) is 12.1. The van der Waals surface area contributed by atoms with Crippen molar-refractivity contribution in [3.8, 4) is 0 Å². The summed E-state index contributed by atoms with van der Waals surface area (Å²) in [5, 5.41) is 9.94. The van der Waals surface area contributed by atoms with Crippen LogP contribution in [0.4, 0.5) is 4.39 Å². The van der Waals surface area contributed by atoms with Gasteiger partial charge in [0.05, 0.1) is 6.10 Å². The summed E-state index contributed by atoms with van der Waals surface area (Å²) in [5.74, 6) is -0.271. The second kappa shape index (κ2) is 6.23. The van der Waals surface area contributed by atoms with Crippen LogP contribution in [0.1, 0.15) is 25.0 Å². The zero-order valence-electron chi connectivity index (χ0n) is 9.94. The number of halogens is 1. The van der Waals surface area contributed by atoms with Crippen LogP contribution in [-0.4, -0.2) is 23.7 Å². The van der Waals surface area contributed by atoms with Crippen LogP contribution in [-0.2, 0) is 0 Å². The maximum atomic E-state index is 12.7. The van der Waals surface area contributed by atoms with Crippen LogP contribution in [0.3, 0.4) is 0 Å². The van der Waals surface area contributed by atoms with E-state index in [1.165, 1.54) is 12.1 Å². The van der Waals surface area contributed by atoms with Gasteiger partial charge in [-0.25, -0.2) is 15.5 Å². The average Bonchev–Trinajstić information content (AvgIpc) is 2.16. The molecule has 0 radical (unpaired) electrons. The van der Waals surface area contributed by atoms with Crippen LogP contribution >= 0.6 is 11.1 Å². The molecule has 0 amide bonds. The van der Waals surface area contributed by atoms with E-state index in [4.69, 9.17) is 0 Å². The second-order valence-corrected chi connectivity index (χ2v) is 6.27. The van der Waals surface area contributed by atoms with Gasteiger partial charge in [0.1, 0.15) is 5.82 Å². The molecule has 92 valence electrons. The van der Waals surface area contributed by atoms with Gasteiger partial charge >= 0.3 is 0 Å². The monoisotopic (exact) mass is 245 g/mol. The van der Waals surface area contributed by atoms with Gasteiger partial charge < -0.3 is 5.11 Å². The Morgan fingerprint density at radius 1 is 1.31 bits per heavy atom. The van der Waals surface area contributed by atoms with E-state index in [1.54, 1.807) is 12.1 Å². The van der Waals surface area contributed by atoms with Crippen LogP contribution in [0, 0.1) is 5.82 Å². The lowest BCUT2D eigenvalue weighted by Crippen LogP contribution is -2.24. The highest BCUT2D eigenvalue weighted by Crippen LogP contribution is 2.20. The van der Waals surface area contributed by atoms with Crippen LogP contribution in [0.5, 0.6) is 0 Å². The number of rotatable bonds is 5. The molecule has 0 fully saturated rings. The van der Waals surface area contributed by atoms with Gasteiger partial charge in [-0.15, -0.1) is 0 Å². The molecule has 2 unspecified atom stereocenters. The SMILES string of the molecule is CC(CC(O)c1ccc(F)cc1)N[SH](C)C. The Hall–Kier alpha value is -0.580. The number of benzene rings is 1. The van der Waals surface area contributed by atoms with Crippen LogP contribution < -0.4 is 4.72 Å². The van der Waals surface area contributed by atoms with Crippen molar-refractivity contribution in [1.82, 2.24) is 4.72 Å². The summed E-state index contributed by atoms with van der Waals surface area (Å²) in [4.78, 5) is 0. The summed E-state index contributed by atoms with van der Waals surface area (Å²) in [7, 11) is 0. The first-order valence-corrected chi connectivity index (χ1v) is 7.59. The molecule has 1 aromatic carbocycles. The minimum Gasteiger partial charge on any atom is -0.388 e. The van der Waals surface area contributed by atoms with Crippen molar-refractivity contribution in [3.63, 3.8) is 0 Å². The fourth-order valence-corrected chi connectivity index (χ4v) is 2.64. The molecule has 16 heavy (non-hydrogen) atoms. The summed E-state index contributed by atoms with van der Waals surface area (Å²) in [5.41, 5.74) is 0.770. The Balaban J connectivity index is 2.51. The Bertz CT molecular complexity index is 315. The number of aliphatic hydroxyl groups excluding tert-OH is 1. The number of hydrogen-bond acceptors (Lipinski definition) is 2. The molecule has 0 saturated carbocycles. The smallest absolute Gasteiger partial charge is 0.123 e. The van der Waals surface area contributed by atoms with Gasteiger partial charge in [0, 0.05) is 6.04 Å². The lowest BCUT2D eigenvalue weighted by atomic mass is 10.0. The van der Waals surface area contributed by atoms with Crippen LogP contribution in [0.2, 0.25) is 0 Å². The first kappa shape index (κ1) is 13.5. The first-order chi connectivity index (χ1) is 7.49. The van der Waals surface area contributed by atoms with Gasteiger partial charge in [-0.05, 0) is 43.6 Å². The zero-order valence-corrected chi connectivity index (χ0v) is 10.8. The molecule has 0 aliphatic rings. The molecular weight excluding hydrogens is 225 g/mol. The van der Waals surface area contributed by atoms with E-state index in [1.807, 2.05) is 0 Å². The number of hydrogen-bond donors (Lipinski definition) is 3. The maximum Gasteiger partial charge on any atom is 0.123 e. The van der Waals surface area contributed by atoms with Crippen molar-refractivity contribution in [1.29, 1.82) is 0 Å². The van der Waals surface area contributed by atoms with Crippen LogP contribution in [0.15, 0.2) is 24.3 Å². The predicted molar refractivity (Wildman–Crippen MR) is 69.4 cm³/mol. The van der Waals surface area contributed by atoms with Gasteiger partial charge in [-0.2, -0.15) is 0 Å². The summed E-state index contributed by atoms with van der Waals surface area (Å²) in [6.45, 7) is 2.05. The summed E-state index contributed by atoms with van der Waals surface area (Å²) in [6.07, 6.45) is 4.39. The Kier molecular flexibility index (Phi) is 5.25. The van der Waals surface area contributed by atoms with Crippen molar-refractivity contribution in [2.45, 2.75) is 25.5 Å². The number of nitrogens with one attached hydrogen (secondary N) is 1. The van der Waals surface area contributed by atoms with Crippen molar-refractivity contribution in [3.05, 3.63) is 35.6 Å². The lowest BCUT2D eigenvalue weighted by Gasteiger charge is -2.22. The molecule has 1 aromatic rings. The molecule has 0 aliphatic heterocycles. The highest BCUT2D eigenvalue weighted by Gasteiger charge is 2.12. The van der Waals surface area contributed by atoms with Crippen molar-refractivity contribution in [2.75, 3.05) is 12.5 Å². The van der Waals surface area contributed by atoms with Crippen molar-refractivity contribution < 1.29 is 9.50 Å². The van der Waals surface area contributed by atoms with E-state index in [0.29, 0.717) is 6.42 Å². The summed E-state index contributed by atoms with van der Waals surface area (Å²) in [6, 6.07) is 6.29. The normalized spacial score (nSPS) is 15.7. The fourth-order valence-electron chi connectivity index (χ4n) is 1.65. The third-order valence-electron chi connectivity index (χ3n) is 2.31. The van der Waals surface area contributed by atoms with Gasteiger partial charge in [-0.3, -0.25) is 4.72 Å². The van der Waals surface area contributed by atoms with Crippen molar-refractivity contribution >= 4 is 11.1 Å². The summed E-state index contributed by atoms with van der Waals surface area (Å²) < 4.78 is 16.1. The molecule has 1 rings (SSSR count). The second-order valence-electron chi connectivity index (χ2n) is 4.23. The number of thiol groups is 1. The molecule has 2 N–H and O–H groups in total. The minimum absolute atomic E-state index is 0.166. The largest absolute Gasteiger partial charge is 0.388 e.